The molecule has 6 nitrogen and oxygen atoms in total. The van der Waals surface area contributed by atoms with Gasteiger partial charge in [0.15, 0.2) is 0 Å². The Kier molecular flexibility index (Phi) is 5.13. The highest BCUT2D eigenvalue weighted by Gasteiger charge is 2.23. The van der Waals surface area contributed by atoms with Crippen molar-refractivity contribution in [3.8, 4) is 11.5 Å². The lowest BCUT2D eigenvalue weighted by atomic mass is 10.1. The molecule has 3 N–H and O–H groups in total. The molecule has 0 aliphatic carbocycles. The van der Waals surface area contributed by atoms with E-state index in [1.54, 1.807) is 36.4 Å². The lowest BCUT2D eigenvalue weighted by Crippen LogP contribution is -2.51. The van der Waals surface area contributed by atoms with Gasteiger partial charge in [-0.1, -0.05) is 6.07 Å². The van der Waals surface area contributed by atoms with Gasteiger partial charge in [-0.05, 0) is 49.2 Å². The summed E-state index contributed by atoms with van der Waals surface area (Å²) in [6.45, 7) is 0.644. The van der Waals surface area contributed by atoms with Crippen molar-refractivity contribution < 1.29 is 18.7 Å². The monoisotopic (exact) mass is 343 g/mol. The summed E-state index contributed by atoms with van der Waals surface area (Å²) in [5.41, 5.74) is 0.556. The molecule has 1 aliphatic heterocycles. The third-order valence-electron chi connectivity index (χ3n) is 3.73. The minimum Gasteiger partial charge on any atom is -0.457 e. The van der Waals surface area contributed by atoms with Crippen molar-refractivity contribution in [3.63, 3.8) is 0 Å². The van der Waals surface area contributed by atoms with Crippen LogP contribution >= 0.6 is 0 Å². The molecule has 0 radical (unpaired) electrons. The summed E-state index contributed by atoms with van der Waals surface area (Å²) in [6.07, 6.45) is 1.46. The smallest absolute Gasteiger partial charge is 0.319 e. The second kappa shape index (κ2) is 7.65. The number of halogens is 1. The van der Waals surface area contributed by atoms with Crippen LogP contribution in [-0.4, -0.2) is 24.5 Å². The van der Waals surface area contributed by atoms with Gasteiger partial charge in [0.05, 0.1) is 0 Å². The summed E-state index contributed by atoms with van der Waals surface area (Å²) >= 11 is 0. The first-order valence-electron chi connectivity index (χ1n) is 7.99. The molecule has 1 aliphatic rings. The Balaban J connectivity index is 1.55. The second-order valence-electron chi connectivity index (χ2n) is 5.67. The van der Waals surface area contributed by atoms with E-state index in [1.165, 1.54) is 12.1 Å². The van der Waals surface area contributed by atoms with Gasteiger partial charge in [-0.25, -0.2) is 9.18 Å². The first-order chi connectivity index (χ1) is 12.1. The van der Waals surface area contributed by atoms with Gasteiger partial charge in [-0.2, -0.15) is 0 Å². The van der Waals surface area contributed by atoms with E-state index in [9.17, 15) is 14.0 Å². The maximum absolute atomic E-state index is 13.1. The Morgan fingerprint density at radius 3 is 2.68 bits per heavy atom. The molecule has 25 heavy (non-hydrogen) atoms. The summed E-state index contributed by atoms with van der Waals surface area (Å²) < 4.78 is 18.7. The number of benzene rings is 2. The average Bonchev–Trinajstić information content (AvgIpc) is 2.59. The maximum atomic E-state index is 13.1. The summed E-state index contributed by atoms with van der Waals surface area (Å²) in [4.78, 5) is 23.6. The van der Waals surface area contributed by atoms with Gasteiger partial charge in [0, 0.05) is 18.3 Å². The number of nitrogens with one attached hydrogen (secondary N) is 3. The maximum Gasteiger partial charge on any atom is 0.319 e. The van der Waals surface area contributed by atoms with E-state index in [1.807, 2.05) is 0 Å². The van der Waals surface area contributed by atoms with E-state index >= 15 is 0 Å². The van der Waals surface area contributed by atoms with Crippen molar-refractivity contribution in [1.29, 1.82) is 0 Å². The molecule has 0 bridgehead atoms. The number of amides is 3. The zero-order chi connectivity index (χ0) is 17.6. The van der Waals surface area contributed by atoms with Crippen LogP contribution in [0.1, 0.15) is 12.8 Å². The number of piperidine rings is 1. The Labute approximate surface area is 144 Å². The van der Waals surface area contributed by atoms with Crippen LogP contribution in [0.25, 0.3) is 0 Å². The number of anilines is 1. The number of rotatable bonds is 4. The molecule has 2 aromatic rings. The van der Waals surface area contributed by atoms with Crippen LogP contribution < -0.4 is 20.7 Å². The van der Waals surface area contributed by atoms with Gasteiger partial charge in [0.1, 0.15) is 23.4 Å². The largest absolute Gasteiger partial charge is 0.457 e. The minimum atomic E-state index is -0.510. The Bertz CT molecular complexity index is 764. The Morgan fingerprint density at radius 1 is 1.16 bits per heavy atom. The number of hydrogen-bond donors (Lipinski definition) is 3. The fourth-order valence-electron chi connectivity index (χ4n) is 2.51. The summed E-state index contributed by atoms with van der Waals surface area (Å²) in [7, 11) is 0. The molecule has 3 rings (SSSR count). The normalized spacial score (nSPS) is 16.7. The molecular formula is C18H18FN3O3. The highest BCUT2D eigenvalue weighted by molar-refractivity contribution is 5.93. The van der Waals surface area contributed by atoms with Crippen molar-refractivity contribution in [2.75, 3.05) is 11.9 Å². The highest BCUT2D eigenvalue weighted by atomic mass is 19.1. The van der Waals surface area contributed by atoms with E-state index in [-0.39, 0.29) is 11.7 Å². The zero-order valence-electron chi connectivity index (χ0n) is 13.4. The van der Waals surface area contributed by atoms with E-state index in [2.05, 4.69) is 16.0 Å². The standard InChI is InChI=1S/C18H18FN3O3/c19-12-3-1-4-15(11-12)25-14-8-6-13(7-9-14)21-18(24)22-16-5-2-10-20-17(16)23/h1,3-4,6-9,11,16H,2,5,10H2,(H,20,23)(H2,21,22,24). The van der Waals surface area contributed by atoms with Gasteiger partial charge in [-0.3, -0.25) is 4.79 Å². The van der Waals surface area contributed by atoms with Gasteiger partial charge in [0.25, 0.3) is 0 Å². The molecule has 3 amide bonds. The molecule has 2 aromatic carbocycles. The van der Waals surface area contributed by atoms with Crippen LogP contribution in [0.4, 0.5) is 14.9 Å². The number of carbonyl (C=O) groups is 2. The van der Waals surface area contributed by atoms with E-state index in [0.29, 0.717) is 30.2 Å². The van der Waals surface area contributed by atoms with Crippen LogP contribution in [-0.2, 0) is 4.79 Å². The third kappa shape index (κ3) is 4.69. The zero-order valence-corrected chi connectivity index (χ0v) is 13.4. The van der Waals surface area contributed by atoms with Crippen molar-refractivity contribution >= 4 is 17.6 Å². The first-order valence-corrected chi connectivity index (χ1v) is 7.99. The Hall–Kier alpha value is -3.09. The molecule has 0 spiro atoms. The fourth-order valence-corrected chi connectivity index (χ4v) is 2.51. The molecule has 1 saturated heterocycles. The van der Waals surface area contributed by atoms with E-state index in [4.69, 9.17) is 4.74 Å². The van der Waals surface area contributed by atoms with E-state index < -0.39 is 12.1 Å². The molecule has 1 unspecified atom stereocenters. The van der Waals surface area contributed by atoms with Crippen LogP contribution in [0.2, 0.25) is 0 Å². The molecule has 0 saturated carbocycles. The second-order valence-corrected chi connectivity index (χ2v) is 5.67. The Morgan fingerprint density at radius 2 is 1.96 bits per heavy atom. The average molecular weight is 343 g/mol. The fraction of sp³-hybridized carbons (Fsp3) is 0.222. The number of ether oxygens (including phenoxy) is 1. The molecule has 0 aromatic heterocycles. The summed E-state index contributed by atoms with van der Waals surface area (Å²) in [6, 6.07) is 11.5. The van der Waals surface area contributed by atoms with Crippen molar-refractivity contribution in [2.24, 2.45) is 0 Å². The van der Waals surface area contributed by atoms with Gasteiger partial charge < -0.3 is 20.7 Å². The van der Waals surface area contributed by atoms with Crippen molar-refractivity contribution in [3.05, 3.63) is 54.3 Å². The topological polar surface area (TPSA) is 79.5 Å². The predicted octanol–water partition coefficient (Wildman–Crippen LogP) is 3.02. The molecule has 1 atom stereocenters. The third-order valence-corrected chi connectivity index (χ3v) is 3.73. The summed E-state index contributed by atoms with van der Waals surface area (Å²) in [5, 5.41) is 8.02. The van der Waals surface area contributed by atoms with E-state index in [0.717, 1.165) is 6.42 Å². The molecule has 1 fully saturated rings. The van der Waals surface area contributed by atoms with Gasteiger partial charge in [0.2, 0.25) is 5.91 Å². The first kappa shape index (κ1) is 16.8. The molecule has 130 valence electrons. The number of hydrogen-bond acceptors (Lipinski definition) is 3. The molecule has 7 heteroatoms. The van der Waals surface area contributed by atoms with Crippen molar-refractivity contribution in [2.45, 2.75) is 18.9 Å². The lowest BCUT2D eigenvalue weighted by molar-refractivity contribution is -0.124. The minimum absolute atomic E-state index is 0.166. The number of urea groups is 1. The van der Waals surface area contributed by atoms with Crippen LogP contribution in [0.15, 0.2) is 48.5 Å². The van der Waals surface area contributed by atoms with Crippen LogP contribution in [0.3, 0.4) is 0 Å². The van der Waals surface area contributed by atoms with Crippen LogP contribution in [0.5, 0.6) is 11.5 Å². The number of carbonyl (C=O) groups excluding carboxylic acids is 2. The predicted molar refractivity (Wildman–Crippen MR) is 91.1 cm³/mol. The highest BCUT2D eigenvalue weighted by Crippen LogP contribution is 2.23. The molecular weight excluding hydrogens is 325 g/mol. The van der Waals surface area contributed by atoms with Crippen LogP contribution in [0, 0.1) is 5.82 Å². The van der Waals surface area contributed by atoms with Gasteiger partial charge in [-0.15, -0.1) is 0 Å². The molecule has 1 heterocycles. The lowest BCUT2D eigenvalue weighted by Gasteiger charge is -2.22. The van der Waals surface area contributed by atoms with Crippen molar-refractivity contribution in [1.82, 2.24) is 10.6 Å². The van der Waals surface area contributed by atoms with Gasteiger partial charge >= 0.3 is 6.03 Å². The SMILES string of the molecule is O=C(Nc1ccc(Oc2cccc(F)c2)cc1)NC1CCCNC1=O. The summed E-state index contributed by atoms with van der Waals surface area (Å²) in [5.74, 6) is 0.365. The quantitative estimate of drug-likeness (QED) is 0.798.